The Balaban J connectivity index is 0.000000890. The molecule has 0 aliphatic carbocycles. The molecule has 0 heterocycles. The third-order valence-electron chi connectivity index (χ3n) is 3.31. The van der Waals surface area contributed by atoms with Crippen LogP contribution >= 0.6 is 15.9 Å². The Morgan fingerprint density at radius 2 is 1.67 bits per heavy atom. The van der Waals surface area contributed by atoms with Crippen molar-refractivity contribution < 1.29 is 34.1 Å². The summed E-state index contributed by atoms with van der Waals surface area (Å²) in [7, 11) is 1.67. The summed E-state index contributed by atoms with van der Waals surface area (Å²) in [4.78, 5) is 24.4. The lowest BCUT2D eigenvalue weighted by atomic mass is 10.1. The van der Waals surface area contributed by atoms with E-state index in [1.54, 1.807) is 7.11 Å². The Labute approximate surface area is 184 Å². The normalized spacial score (nSPS) is 11.1. The first kappa shape index (κ1) is 27.7. The van der Waals surface area contributed by atoms with Crippen LogP contribution in [0.2, 0.25) is 0 Å². The molecule has 0 spiro atoms. The number of unbranched alkanes of at least 4 members (excludes halogenated alkanes) is 1. The van der Waals surface area contributed by atoms with Gasteiger partial charge in [0.2, 0.25) is 0 Å². The van der Waals surface area contributed by atoms with E-state index in [1.807, 2.05) is 24.3 Å². The van der Waals surface area contributed by atoms with Gasteiger partial charge in [-0.3, -0.25) is 0 Å². The Kier molecular flexibility index (Phi) is 17.3. The minimum Gasteiger partial charge on any atom is -0.478 e. The van der Waals surface area contributed by atoms with Gasteiger partial charge in [0, 0.05) is 36.9 Å². The molecule has 0 bridgehead atoms. The zero-order chi connectivity index (χ0) is 22.6. The number of halogens is 1. The predicted octanol–water partition coefficient (Wildman–Crippen LogP) is 2.67. The quantitative estimate of drug-likeness (QED) is 0.157. The predicted molar refractivity (Wildman–Crippen MR) is 117 cm³/mol. The van der Waals surface area contributed by atoms with E-state index < -0.39 is 11.9 Å². The first-order valence-corrected chi connectivity index (χ1v) is 10.1. The number of carboxylic acids is 2. The number of benzene rings is 1. The smallest absolute Gasteiger partial charge is 0.328 e. The SMILES string of the molecule is COCCOCCCCC(=NOCCN)c1ccc(Br)cc1.O=C(O)/C=C/C(=O)O. The molecule has 0 aliphatic rings. The van der Waals surface area contributed by atoms with Gasteiger partial charge < -0.3 is 30.3 Å². The lowest BCUT2D eigenvalue weighted by molar-refractivity contribution is -0.134. The summed E-state index contributed by atoms with van der Waals surface area (Å²) in [5.74, 6) is -2.51. The van der Waals surface area contributed by atoms with Crippen LogP contribution in [0.3, 0.4) is 0 Å². The van der Waals surface area contributed by atoms with Gasteiger partial charge in [-0.1, -0.05) is 33.2 Å². The summed E-state index contributed by atoms with van der Waals surface area (Å²) >= 11 is 3.44. The van der Waals surface area contributed by atoms with Crippen LogP contribution in [0.5, 0.6) is 0 Å². The average Bonchev–Trinajstić information content (AvgIpc) is 2.71. The van der Waals surface area contributed by atoms with Crippen LogP contribution in [0, 0.1) is 0 Å². The fourth-order valence-electron chi connectivity index (χ4n) is 1.94. The van der Waals surface area contributed by atoms with Crippen molar-refractivity contribution in [3.63, 3.8) is 0 Å². The highest BCUT2D eigenvalue weighted by Gasteiger charge is 2.05. The molecule has 1 aromatic carbocycles. The van der Waals surface area contributed by atoms with E-state index in [0.29, 0.717) is 38.5 Å². The van der Waals surface area contributed by atoms with Crippen LogP contribution in [0.25, 0.3) is 0 Å². The van der Waals surface area contributed by atoms with Gasteiger partial charge in [-0.15, -0.1) is 0 Å². The van der Waals surface area contributed by atoms with Crippen LogP contribution in [0.15, 0.2) is 46.0 Å². The summed E-state index contributed by atoms with van der Waals surface area (Å²) in [6.07, 6.45) is 3.94. The lowest BCUT2D eigenvalue weighted by Gasteiger charge is -2.08. The fourth-order valence-corrected chi connectivity index (χ4v) is 2.21. The van der Waals surface area contributed by atoms with Gasteiger partial charge in [-0.25, -0.2) is 9.59 Å². The second kappa shape index (κ2) is 18.7. The molecule has 10 heteroatoms. The van der Waals surface area contributed by atoms with Gasteiger partial charge in [0.25, 0.3) is 0 Å². The van der Waals surface area contributed by atoms with E-state index in [4.69, 9.17) is 30.3 Å². The average molecular weight is 489 g/mol. The molecule has 0 saturated heterocycles. The van der Waals surface area contributed by atoms with Crippen LogP contribution in [0.4, 0.5) is 0 Å². The molecule has 168 valence electrons. The lowest BCUT2D eigenvalue weighted by Crippen LogP contribution is -2.09. The molecular weight excluding hydrogens is 460 g/mol. The summed E-state index contributed by atoms with van der Waals surface area (Å²) in [6.45, 7) is 2.91. The highest BCUT2D eigenvalue weighted by molar-refractivity contribution is 9.10. The van der Waals surface area contributed by atoms with Crippen molar-refractivity contribution in [3.8, 4) is 0 Å². The molecule has 0 amide bonds. The third-order valence-corrected chi connectivity index (χ3v) is 3.84. The largest absolute Gasteiger partial charge is 0.478 e. The van der Waals surface area contributed by atoms with Crippen molar-refractivity contribution >= 4 is 33.6 Å². The van der Waals surface area contributed by atoms with Crippen molar-refractivity contribution in [3.05, 3.63) is 46.5 Å². The van der Waals surface area contributed by atoms with Crippen LogP contribution in [-0.2, 0) is 23.9 Å². The topological polar surface area (TPSA) is 141 Å². The molecule has 0 atom stereocenters. The Hall–Kier alpha value is -2.27. The summed E-state index contributed by atoms with van der Waals surface area (Å²) in [6, 6.07) is 8.07. The maximum absolute atomic E-state index is 9.55. The summed E-state index contributed by atoms with van der Waals surface area (Å²) < 4.78 is 11.4. The van der Waals surface area contributed by atoms with Crippen molar-refractivity contribution in [1.29, 1.82) is 0 Å². The van der Waals surface area contributed by atoms with E-state index in [-0.39, 0.29) is 0 Å². The number of methoxy groups -OCH3 is 1. The van der Waals surface area contributed by atoms with Gasteiger partial charge in [-0.2, -0.15) is 0 Å². The highest BCUT2D eigenvalue weighted by Crippen LogP contribution is 2.14. The molecule has 0 aliphatic heterocycles. The number of carbonyl (C=O) groups is 2. The van der Waals surface area contributed by atoms with E-state index in [2.05, 4.69) is 21.1 Å². The number of nitrogens with zero attached hydrogens (tertiary/aromatic N) is 1. The Bertz CT molecular complexity index is 648. The molecule has 0 radical (unpaired) electrons. The zero-order valence-corrected chi connectivity index (χ0v) is 18.5. The minimum atomic E-state index is -1.26. The second-order valence-corrected chi connectivity index (χ2v) is 6.65. The molecular formula is C20H29BrN2O7. The van der Waals surface area contributed by atoms with E-state index in [9.17, 15) is 9.59 Å². The number of nitrogens with two attached hydrogens (primary N) is 1. The summed E-state index contributed by atoms with van der Waals surface area (Å²) in [5, 5.41) is 19.8. The standard InChI is InChI=1S/C16H25BrN2O3.C4H4O4/c1-20-12-13-21-10-3-2-4-16(19-22-11-9-18)14-5-7-15(17)8-6-14;5-3(6)1-2-4(7)8/h5-8H,2-4,9-13,18H2,1H3;1-2H,(H,5,6)(H,7,8)/b;2-1+. The van der Waals surface area contributed by atoms with E-state index >= 15 is 0 Å². The minimum absolute atomic E-state index is 0.431. The van der Waals surface area contributed by atoms with Gasteiger partial charge in [0.15, 0.2) is 0 Å². The molecule has 4 N–H and O–H groups in total. The van der Waals surface area contributed by atoms with Crippen LogP contribution < -0.4 is 5.73 Å². The molecule has 0 aromatic heterocycles. The van der Waals surface area contributed by atoms with Gasteiger partial charge in [0.1, 0.15) is 6.61 Å². The summed E-state index contributed by atoms with van der Waals surface area (Å²) in [5.41, 5.74) is 7.44. The molecule has 1 aromatic rings. The number of hydrogen-bond donors (Lipinski definition) is 3. The van der Waals surface area contributed by atoms with Crippen LogP contribution in [0.1, 0.15) is 24.8 Å². The van der Waals surface area contributed by atoms with Crippen molar-refractivity contribution in [2.75, 3.05) is 40.1 Å². The monoisotopic (exact) mass is 488 g/mol. The second-order valence-electron chi connectivity index (χ2n) is 5.74. The first-order chi connectivity index (χ1) is 14.4. The third kappa shape index (κ3) is 16.7. The molecule has 0 saturated carbocycles. The van der Waals surface area contributed by atoms with Gasteiger partial charge in [0.05, 0.1) is 18.9 Å². The van der Waals surface area contributed by atoms with Crippen LogP contribution in [-0.4, -0.2) is 67.9 Å². The van der Waals surface area contributed by atoms with Crippen molar-refractivity contribution in [2.24, 2.45) is 10.9 Å². The Morgan fingerprint density at radius 1 is 1.03 bits per heavy atom. The molecule has 1 rings (SSSR count). The highest BCUT2D eigenvalue weighted by atomic mass is 79.9. The number of aliphatic carboxylic acids is 2. The van der Waals surface area contributed by atoms with E-state index in [1.165, 1.54) is 0 Å². The van der Waals surface area contributed by atoms with E-state index in [0.717, 1.165) is 41.6 Å². The molecule has 0 fully saturated rings. The zero-order valence-electron chi connectivity index (χ0n) is 17.0. The number of hydrogen-bond acceptors (Lipinski definition) is 7. The number of ether oxygens (including phenoxy) is 2. The van der Waals surface area contributed by atoms with Gasteiger partial charge in [-0.05, 0) is 37.0 Å². The number of rotatable bonds is 14. The van der Waals surface area contributed by atoms with Crippen molar-refractivity contribution in [1.82, 2.24) is 0 Å². The van der Waals surface area contributed by atoms with Crippen molar-refractivity contribution in [2.45, 2.75) is 19.3 Å². The number of carboxylic acid groups (broad SMARTS) is 2. The maximum atomic E-state index is 9.55. The Morgan fingerprint density at radius 3 is 2.20 bits per heavy atom. The molecule has 9 nitrogen and oxygen atoms in total. The maximum Gasteiger partial charge on any atom is 0.328 e. The van der Waals surface area contributed by atoms with Gasteiger partial charge >= 0.3 is 11.9 Å². The molecule has 30 heavy (non-hydrogen) atoms. The fraction of sp³-hybridized carbons (Fsp3) is 0.450. The first-order valence-electron chi connectivity index (χ1n) is 9.26. The number of oxime groups is 1. The molecule has 0 unspecified atom stereocenters.